The van der Waals surface area contributed by atoms with Gasteiger partial charge in [0.1, 0.15) is 12.4 Å². The lowest BCUT2D eigenvalue weighted by Crippen LogP contribution is -2.55. The molecule has 1 saturated heterocycles. The Kier molecular flexibility index (Phi) is 6.16. The number of carbonyl (C=O) groups excluding carboxylic acids is 1. The van der Waals surface area contributed by atoms with E-state index in [1.165, 1.54) is 0 Å². The highest BCUT2D eigenvalue weighted by atomic mass is 32.2. The molecule has 7 heteroatoms. The number of rotatable bonds is 8. The Labute approximate surface area is 184 Å². The summed E-state index contributed by atoms with van der Waals surface area (Å²) in [4.78, 5) is 15.2. The third-order valence-corrected chi connectivity index (χ3v) is 9.69. The molecular weight excluding hydrogens is 417 g/mol. The second-order valence-corrected chi connectivity index (χ2v) is 11.6. The normalized spacial score (nSPS) is 28.3. The first-order valence-corrected chi connectivity index (χ1v) is 13.0. The Hall–Kier alpha value is -1.89. The van der Waals surface area contributed by atoms with Gasteiger partial charge >= 0.3 is 0 Å². The number of nitrogens with zero attached hydrogens (tertiary/aromatic N) is 1. The summed E-state index contributed by atoms with van der Waals surface area (Å²) in [6.07, 6.45) is 7.08. The van der Waals surface area contributed by atoms with Crippen LogP contribution in [0.5, 0.6) is 5.75 Å². The first-order valence-electron chi connectivity index (χ1n) is 11.3. The second kappa shape index (κ2) is 8.57. The molecule has 0 radical (unpaired) electrons. The summed E-state index contributed by atoms with van der Waals surface area (Å²) >= 11 is 0. The van der Waals surface area contributed by atoms with Crippen molar-refractivity contribution in [3.8, 4) is 5.75 Å². The third kappa shape index (κ3) is 4.38. The number of amides is 1. The minimum atomic E-state index is -3.44. The number of halogens is 1. The van der Waals surface area contributed by atoms with Crippen LogP contribution in [0.25, 0.3) is 0 Å². The molecule has 3 aliphatic carbocycles. The van der Waals surface area contributed by atoms with E-state index in [4.69, 9.17) is 4.74 Å². The SMILES string of the molecule is CC/C(=C\F)COc1ccc(S(=O)(=O)CC23CCC(C(=O)N4CCC4)(CC2)CC3)cc1. The molecule has 1 aliphatic heterocycles. The zero-order chi connectivity index (χ0) is 22.1. The summed E-state index contributed by atoms with van der Waals surface area (Å²) in [6.45, 7) is 3.76. The fraction of sp³-hybridized carbons (Fsp3) is 0.625. The average molecular weight is 450 g/mol. The highest BCUT2D eigenvalue weighted by Gasteiger charge is 2.54. The van der Waals surface area contributed by atoms with Crippen molar-refractivity contribution in [1.29, 1.82) is 0 Å². The van der Waals surface area contributed by atoms with Gasteiger partial charge in [0.15, 0.2) is 9.84 Å². The van der Waals surface area contributed by atoms with Crippen molar-refractivity contribution in [3.05, 3.63) is 36.2 Å². The maximum absolute atomic E-state index is 13.2. The van der Waals surface area contributed by atoms with E-state index in [0.717, 1.165) is 58.0 Å². The van der Waals surface area contributed by atoms with Crippen LogP contribution in [-0.2, 0) is 14.6 Å². The molecule has 3 saturated carbocycles. The molecule has 2 bridgehead atoms. The fourth-order valence-electron chi connectivity index (χ4n) is 5.27. The van der Waals surface area contributed by atoms with E-state index in [2.05, 4.69) is 0 Å². The first kappa shape index (κ1) is 22.3. The summed E-state index contributed by atoms with van der Waals surface area (Å²) in [6, 6.07) is 6.42. The number of benzene rings is 1. The minimum Gasteiger partial charge on any atom is -0.489 e. The lowest BCUT2D eigenvalue weighted by atomic mass is 9.54. The number of sulfone groups is 1. The van der Waals surface area contributed by atoms with Gasteiger partial charge in [0.2, 0.25) is 5.91 Å². The van der Waals surface area contributed by atoms with Gasteiger partial charge < -0.3 is 9.64 Å². The highest BCUT2D eigenvalue weighted by molar-refractivity contribution is 7.91. The van der Waals surface area contributed by atoms with Gasteiger partial charge in [0, 0.05) is 18.5 Å². The summed E-state index contributed by atoms with van der Waals surface area (Å²) in [5, 5.41) is 0. The lowest BCUT2D eigenvalue weighted by molar-refractivity contribution is -0.154. The molecule has 5 nitrogen and oxygen atoms in total. The highest BCUT2D eigenvalue weighted by Crippen LogP contribution is 2.58. The molecule has 4 fully saturated rings. The molecule has 31 heavy (non-hydrogen) atoms. The van der Waals surface area contributed by atoms with Crippen molar-refractivity contribution < 1.29 is 22.3 Å². The van der Waals surface area contributed by atoms with Crippen LogP contribution in [0.1, 0.15) is 58.3 Å². The van der Waals surface area contributed by atoms with Gasteiger partial charge in [0.25, 0.3) is 0 Å². The van der Waals surface area contributed by atoms with Crippen molar-refractivity contribution in [2.45, 2.75) is 63.2 Å². The van der Waals surface area contributed by atoms with Gasteiger partial charge in [0.05, 0.1) is 17.0 Å². The van der Waals surface area contributed by atoms with E-state index in [1.807, 2.05) is 11.8 Å². The predicted octanol–water partition coefficient (Wildman–Crippen LogP) is 4.68. The van der Waals surface area contributed by atoms with Gasteiger partial charge in [-0.15, -0.1) is 0 Å². The van der Waals surface area contributed by atoms with Gasteiger partial charge in [-0.2, -0.15) is 0 Å². The molecule has 1 aromatic rings. The largest absolute Gasteiger partial charge is 0.489 e. The van der Waals surface area contributed by atoms with Gasteiger partial charge in [-0.25, -0.2) is 12.8 Å². The quantitative estimate of drug-likeness (QED) is 0.578. The standard InChI is InChI=1S/C24H32FNO4S/c1-2-19(16-25)17-30-20-4-6-21(7-5-20)31(28,29)18-23-8-11-24(12-9-23,13-10-23)22(27)26-14-3-15-26/h4-7,16H,2-3,8-15,17-18H2,1H3/b19-16+. The van der Waals surface area contributed by atoms with E-state index in [9.17, 15) is 17.6 Å². The summed E-state index contributed by atoms with van der Waals surface area (Å²) in [7, 11) is -3.44. The summed E-state index contributed by atoms with van der Waals surface area (Å²) in [5.74, 6) is 0.965. The van der Waals surface area contributed by atoms with Crippen LogP contribution in [0.15, 0.2) is 41.1 Å². The Balaban J connectivity index is 1.39. The van der Waals surface area contributed by atoms with Gasteiger partial charge in [-0.1, -0.05) is 6.92 Å². The first-order chi connectivity index (χ1) is 14.8. The van der Waals surface area contributed by atoms with Crippen molar-refractivity contribution in [2.75, 3.05) is 25.4 Å². The molecule has 0 spiro atoms. The molecule has 0 atom stereocenters. The summed E-state index contributed by atoms with van der Waals surface area (Å²) < 4.78 is 44.5. The van der Waals surface area contributed by atoms with Crippen LogP contribution >= 0.6 is 0 Å². The molecule has 1 aromatic carbocycles. The Morgan fingerprint density at radius 1 is 1.10 bits per heavy atom. The number of hydrogen-bond donors (Lipinski definition) is 0. The zero-order valence-corrected chi connectivity index (χ0v) is 19.1. The number of likely N-dealkylation sites (tertiary alicyclic amines) is 1. The molecule has 0 aromatic heterocycles. The predicted molar refractivity (Wildman–Crippen MR) is 117 cm³/mol. The molecular formula is C24H32FNO4S. The fourth-order valence-corrected chi connectivity index (χ4v) is 7.23. The van der Waals surface area contributed by atoms with Crippen LogP contribution in [0.2, 0.25) is 0 Å². The van der Waals surface area contributed by atoms with E-state index >= 15 is 0 Å². The average Bonchev–Trinajstić information content (AvgIpc) is 2.74. The number of ether oxygens (including phenoxy) is 1. The van der Waals surface area contributed by atoms with Crippen LogP contribution in [0.4, 0.5) is 4.39 Å². The van der Waals surface area contributed by atoms with Crippen molar-refractivity contribution in [2.24, 2.45) is 10.8 Å². The molecule has 5 rings (SSSR count). The lowest BCUT2D eigenvalue weighted by Gasteiger charge is -2.54. The van der Waals surface area contributed by atoms with Crippen molar-refractivity contribution in [3.63, 3.8) is 0 Å². The van der Waals surface area contributed by atoms with Crippen LogP contribution in [0.3, 0.4) is 0 Å². The monoisotopic (exact) mass is 449 g/mol. The van der Waals surface area contributed by atoms with Crippen LogP contribution in [-0.4, -0.2) is 44.7 Å². The number of fused-ring (bicyclic) bond motifs is 3. The van der Waals surface area contributed by atoms with Crippen molar-refractivity contribution in [1.82, 2.24) is 4.90 Å². The molecule has 4 aliphatic rings. The van der Waals surface area contributed by atoms with E-state index in [0.29, 0.717) is 34.9 Å². The molecule has 1 amide bonds. The maximum Gasteiger partial charge on any atom is 0.228 e. The smallest absolute Gasteiger partial charge is 0.228 e. The zero-order valence-electron chi connectivity index (χ0n) is 18.2. The topological polar surface area (TPSA) is 63.7 Å². The minimum absolute atomic E-state index is 0.138. The van der Waals surface area contributed by atoms with Crippen LogP contribution in [0, 0.1) is 10.8 Å². The number of hydrogen-bond acceptors (Lipinski definition) is 4. The Morgan fingerprint density at radius 2 is 1.71 bits per heavy atom. The van der Waals surface area contributed by atoms with Gasteiger partial charge in [-0.3, -0.25) is 4.79 Å². The summed E-state index contributed by atoms with van der Waals surface area (Å²) in [5.41, 5.74) is 0.0949. The number of carbonyl (C=O) groups is 1. The second-order valence-electron chi connectivity index (χ2n) is 9.57. The van der Waals surface area contributed by atoms with Crippen LogP contribution < -0.4 is 4.74 Å². The molecule has 170 valence electrons. The maximum atomic E-state index is 13.2. The van der Waals surface area contributed by atoms with Gasteiger partial charge in [-0.05, 0) is 86.6 Å². The third-order valence-electron chi connectivity index (χ3n) is 7.71. The van der Waals surface area contributed by atoms with Crippen molar-refractivity contribution >= 4 is 15.7 Å². The Bertz CT molecular complexity index is 926. The Morgan fingerprint density at radius 3 is 2.19 bits per heavy atom. The molecule has 1 heterocycles. The molecule has 0 N–H and O–H groups in total. The van der Waals surface area contributed by atoms with E-state index in [-0.39, 0.29) is 23.2 Å². The van der Waals surface area contributed by atoms with E-state index < -0.39 is 9.84 Å². The van der Waals surface area contributed by atoms with E-state index in [1.54, 1.807) is 24.3 Å². The molecule has 0 unspecified atom stereocenters.